The second-order valence-corrected chi connectivity index (χ2v) is 9.29. The molecule has 0 unspecified atom stereocenters. The van der Waals surface area contributed by atoms with Crippen LogP contribution in [-0.4, -0.2) is 45.9 Å². The van der Waals surface area contributed by atoms with E-state index in [9.17, 15) is 14.0 Å². The van der Waals surface area contributed by atoms with Gasteiger partial charge in [0.15, 0.2) is 0 Å². The average molecular weight is 448 g/mol. The molecular formula is C26H26FN3O3. The number of aromatic amines is 1. The van der Waals surface area contributed by atoms with Gasteiger partial charge in [-0.3, -0.25) is 14.6 Å². The molecule has 6 rings (SSSR count). The van der Waals surface area contributed by atoms with Crippen LogP contribution in [0.3, 0.4) is 0 Å². The van der Waals surface area contributed by atoms with E-state index in [1.807, 2.05) is 24.3 Å². The van der Waals surface area contributed by atoms with Gasteiger partial charge in [-0.1, -0.05) is 31.4 Å². The van der Waals surface area contributed by atoms with Crippen molar-refractivity contribution in [2.45, 2.75) is 56.7 Å². The number of amides is 3. The molecule has 1 aromatic heterocycles. The summed E-state index contributed by atoms with van der Waals surface area (Å²) in [6.45, 7) is 0. The minimum Gasteiger partial charge on any atom is -0.497 e. The van der Waals surface area contributed by atoms with Gasteiger partial charge in [0, 0.05) is 29.1 Å². The van der Waals surface area contributed by atoms with E-state index in [0.717, 1.165) is 65.6 Å². The fourth-order valence-corrected chi connectivity index (χ4v) is 5.92. The molecule has 1 saturated heterocycles. The number of nitrogens with one attached hydrogen (secondary N) is 1. The molecule has 3 aliphatic rings. The van der Waals surface area contributed by atoms with Crippen molar-refractivity contribution in [3.05, 3.63) is 65.1 Å². The van der Waals surface area contributed by atoms with Crippen LogP contribution in [0, 0.1) is 5.82 Å². The van der Waals surface area contributed by atoms with E-state index >= 15 is 0 Å². The normalized spacial score (nSPS) is 23.2. The zero-order valence-electron chi connectivity index (χ0n) is 18.5. The molecule has 1 aliphatic carbocycles. The largest absolute Gasteiger partial charge is 0.497 e. The monoisotopic (exact) mass is 447 g/mol. The van der Waals surface area contributed by atoms with Crippen LogP contribution in [0.4, 0.5) is 9.18 Å². The van der Waals surface area contributed by atoms with Gasteiger partial charge in [-0.2, -0.15) is 0 Å². The molecule has 2 fully saturated rings. The Morgan fingerprint density at radius 2 is 1.79 bits per heavy atom. The van der Waals surface area contributed by atoms with Gasteiger partial charge >= 0.3 is 6.03 Å². The molecule has 1 saturated carbocycles. The first-order valence-electron chi connectivity index (χ1n) is 11.7. The van der Waals surface area contributed by atoms with Crippen LogP contribution in [-0.2, 0) is 11.2 Å². The number of hydrogen-bond acceptors (Lipinski definition) is 3. The van der Waals surface area contributed by atoms with Crippen LogP contribution in [0.15, 0.2) is 42.5 Å². The summed E-state index contributed by atoms with van der Waals surface area (Å²) < 4.78 is 19.4. The maximum atomic E-state index is 14.1. The van der Waals surface area contributed by atoms with Crippen LogP contribution in [0.25, 0.3) is 10.9 Å². The molecule has 33 heavy (non-hydrogen) atoms. The highest BCUT2D eigenvalue weighted by atomic mass is 19.1. The molecule has 0 bridgehead atoms. The summed E-state index contributed by atoms with van der Waals surface area (Å²) in [4.78, 5) is 34.1. The molecular weight excluding hydrogens is 421 g/mol. The summed E-state index contributed by atoms with van der Waals surface area (Å²) in [7, 11) is 1.61. The van der Waals surface area contributed by atoms with E-state index in [1.165, 1.54) is 17.0 Å². The quantitative estimate of drug-likeness (QED) is 0.579. The van der Waals surface area contributed by atoms with Crippen LogP contribution >= 0.6 is 0 Å². The maximum Gasteiger partial charge on any atom is 0.328 e. The number of nitrogens with zero attached hydrogens (tertiary/aromatic N) is 2. The summed E-state index contributed by atoms with van der Waals surface area (Å²) in [5.41, 5.74) is 3.47. The molecule has 3 heterocycles. The topological polar surface area (TPSA) is 65.6 Å². The Morgan fingerprint density at radius 3 is 2.52 bits per heavy atom. The highest BCUT2D eigenvalue weighted by Gasteiger charge is 2.54. The van der Waals surface area contributed by atoms with Gasteiger partial charge < -0.3 is 9.72 Å². The van der Waals surface area contributed by atoms with Gasteiger partial charge in [-0.05, 0) is 54.3 Å². The number of fused-ring (bicyclic) bond motifs is 4. The third-order valence-electron chi connectivity index (χ3n) is 7.51. The van der Waals surface area contributed by atoms with E-state index in [1.54, 1.807) is 18.1 Å². The molecule has 0 spiro atoms. The van der Waals surface area contributed by atoms with E-state index in [4.69, 9.17) is 4.74 Å². The first-order valence-corrected chi connectivity index (χ1v) is 11.7. The fraction of sp³-hybridized carbons (Fsp3) is 0.385. The summed E-state index contributed by atoms with van der Waals surface area (Å²) in [6.07, 6.45) is 5.35. The molecule has 2 aromatic carbocycles. The molecule has 3 amide bonds. The Hall–Kier alpha value is -3.35. The van der Waals surface area contributed by atoms with Crippen molar-refractivity contribution in [3.8, 4) is 5.75 Å². The zero-order chi connectivity index (χ0) is 22.7. The van der Waals surface area contributed by atoms with Crippen LogP contribution in [0.2, 0.25) is 0 Å². The van der Waals surface area contributed by atoms with Crippen molar-refractivity contribution in [1.82, 2.24) is 14.8 Å². The van der Waals surface area contributed by atoms with E-state index in [0.29, 0.717) is 6.42 Å². The van der Waals surface area contributed by atoms with Gasteiger partial charge in [-0.15, -0.1) is 0 Å². The SMILES string of the molecule is COc1ccc([C@H]2c3[nH]c4ccc(F)cc4c3C[C@H]3C(=O)N(C4CCCCC4)C(=O)N23)cc1. The Labute approximate surface area is 191 Å². The third kappa shape index (κ3) is 3.05. The molecule has 0 radical (unpaired) electrons. The predicted molar refractivity (Wildman–Crippen MR) is 122 cm³/mol. The number of benzene rings is 2. The minimum atomic E-state index is -0.582. The molecule has 7 heteroatoms. The van der Waals surface area contributed by atoms with Crippen LogP contribution < -0.4 is 4.74 Å². The van der Waals surface area contributed by atoms with Gasteiger partial charge in [0.1, 0.15) is 23.7 Å². The maximum absolute atomic E-state index is 14.1. The van der Waals surface area contributed by atoms with Gasteiger partial charge in [-0.25, -0.2) is 9.18 Å². The lowest BCUT2D eigenvalue weighted by Gasteiger charge is -2.36. The number of imide groups is 1. The molecule has 6 nitrogen and oxygen atoms in total. The predicted octanol–water partition coefficient (Wildman–Crippen LogP) is 4.93. The fourth-order valence-electron chi connectivity index (χ4n) is 5.92. The molecule has 1 N–H and O–H groups in total. The second-order valence-electron chi connectivity index (χ2n) is 9.29. The number of rotatable bonds is 3. The lowest BCUT2D eigenvalue weighted by molar-refractivity contribution is -0.130. The summed E-state index contributed by atoms with van der Waals surface area (Å²) in [5.74, 6) is 0.282. The number of H-pyrrole nitrogens is 1. The number of carbonyl (C=O) groups is 2. The average Bonchev–Trinajstić information content (AvgIpc) is 3.32. The highest BCUT2D eigenvalue weighted by Crippen LogP contribution is 2.45. The Balaban J connectivity index is 1.50. The van der Waals surface area contributed by atoms with Crippen molar-refractivity contribution in [1.29, 1.82) is 0 Å². The van der Waals surface area contributed by atoms with E-state index in [-0.39, 0.29) is 23.8 Å². The van der Waals surface area contributed by atoms with Crippen LogP contribution in [0.1, 0.15) is 55.0 Å². The van der Waals surface area contributed by atoms with Gasteiger partial charge in [0.25, 0.3) is 5.91 Å². The molecule has 3 aromatic rings. The second kappa shape index (κ2) is 7.61. The van der Waals surface area contributed by atoms with Gasteiger partial charge in [0.05, 0.1) is 7.11 Å². The number of methoxy groups -OCH3 is 1. The number of urea groups is 1. The standard InChI is InChI=1S/C26H26FN3O3/c1-33-18-10-7-15(8-11-18)24-23-20(19-13-16(27)9-12-21(19)28-23)14-22-25(31)29(26(32)30(22)24)17-5-3-2-4-6-17/h7-13,17,22,24,28H,2-6,14H2,1H3/t22-,24-/m0/s1. The Morgan fingerprint density at radius 1 is 1.03 bits per heavy atom. The third-order valence-corrected chi connectivity index (χ3v) is 7.51. The van der Waals surface area contributed by atoms with Crippen molar-refractivity contribution in [3.63, 3.8) is 0 Å². The summed E-state index contributed by atoms with van der Waals surface area (Å²) in [5, 5.41) is 0.777. The number of hydrogen-bond donors (Lipinski definition) is 1. The van der Waals surface area contributed by atoms with Crippen molar-refractivity contribution in [2.75, 3.05) is 7.11 Å². The highest BCUT2D eigenvalue weighted by molar-refractivity contribution is 6.06. The summed E-state index contributed by atoms with van der Waals surface area (Å²) >= 11 is 0. The molecule has 2 aliphatic heterocycles. The lowest BCUT2D eigenvalue weighted by Crippen LogP contribution is -2.44. The lowest BCUT2D eigenvalue weighted by atomic mass is 9.88. The molecule has 2 atom stereocenters. The number of aromatic nitrogens is 1. The number of ether oxygens (including phenoxy) is 1. The first kappa shape index (κ1) is 20.3. The zero-order valence-corrected chi connectivity index (χ0v) is 18.5. The number of halogens is 1. The van der Waals surface area contributed by atoms with Crippen LogP contribution in [0.5, 0.6) is 5.75 Å². The van der Waals surface area contributed by atoms with Crippen molar-refractivity contribution in [2.24, 2.45) is 0 Å². The van der Waals surface area contributed by atoms with Crippen molar-refractivity contribution >= 4 is 22.8 Å². The first-order chi connectivity index (χ1) is 16.1. The van der Waals surface area contributed by atoms with E-state index in [2.05, 4.69) is 4.98 Å². The molecule has 170 valence electrons. The summed E-state index contributed by atoms with van der Waals surface area (Å²) in [6, 6.07) is 11.0. The van der Waals surface area contributed by atoms with Gasteiger partial charge in [0.2, 0.25) is 0 Å². The Kier molecular flexibility index (Phi) is 4.67. The van der Waals surface area contributed by atoms with Crippen molar-refractivity contribution < 1.29 is 18.7 Å². The number of carbonyl (C=O) groups excluding carboxylic acids is 2. The Bertz CT molecular complexity index is 1250. The smallest absolute Gasteiger partial charge is 0.328 e. The minimum absolute atomic E-state index is 0.0339. The van der Waals surface area contributed by atoms with E-state index < -0.39 is 12.1 Å².